The second kappa shape index (κ2) is 21.1. The van der Waals surface area contributed by atoms with Gasteiger partial charge in [0.1, 0.15) is 36.8 Å². The molecule has 0 spiro atoms. The van der Waals surface area contributed by atoms with Crippen molar-refractivity contribution in [3.63, 3.8) is 0 Å². The highest BCUT2D eigenvalue weighted by atomic mass is 16.7. The summed E-state index contributed by atoms with van der Waals surface area (Å²) < 4.78 is 18.0. The van der Waals surface area contributed by atoms with Crippen molar-refractivity contribution in [1.82, 2.24) is 41.2 Å². The maximum Gasteiger partial charge on any atom is 0.332 e. The molecule has 6 amide bonds. The topological polar surface area (TPSA) is 280 Å². The summed E-state index contributed by atoms with van der Waals surface area (Å²) in [5.74, 6) is -11.2. The van der Waals surface area contributed by atoms with E-state index in [1.807, 2.05) is 6.92 Å². The Hall–Kier alpha value is -4.03. The van der Waals surface area contributed by atoms with Gasteiger partial charge in [-0.05, 0) is 88.9 Å². The molecule has 22 nitrogen and oxygen atoms in total. The van der Waals surface area contributed by atoms with Gasteiger partial charge < -0.3 is 34.6 Å². The molecule has 0 aliphatic carbocycles. The van der Waals surface area contributed by atoms with Crippen LogP contribution in [0.15, 0.2) is 0 Å². The summed E-state index contributed by atoms with van der Waals surface area (Å²) >= 11 is 0. The van der Waals surface area contributed by atoms with Gasteiger partial charge in [0.2, 0.25) is 11.7 Å². The van der Waals surface area contributed by atoms with E-state index in [4.69, 9.17) is 14.2 Å². The summed E-state index contributed by atoms with van der Waals surface area (Å²) in [6.45, 7) is 14.2. The number of aliphatic hydroxyl groups is 2. The van der Waals surface area contributed by atoms with E-state index in [1.54, 1.807) is 20.8 Å². The second-order valence-electron chi connectivity index (χ2n) is 20.0. The minimum absolute atomic E-state index is 0.0255. The van der Waals surface area contributed by atoms with E-state index in [-0.39, 0.29) is 61.4 Å². The number of hydroxylamine groups is 4. The normalized spacial score (nSPS) is 34.7. The largest absolute Gasteiger partial charge is 0.458 e. The molecule has 5 fully saturated rings. The Kier molecular flexibility index (Phi) is 16.9. The summed E-state index contributed by atoms with van der Waals surface area (Å²) in [7, 11) is 1.33. The quantitative estimate of drug-likeness (QED) is 0.120. The number of esters is 1. The maximum absolute atomic E-state index is 15.1. The number of nitrogens with one attached hydrogen (secondary N) is 3. The first-order valence-electron chi connectivity index (χ1n) is 23.5. The number of hydrogen-bond donors (Lipinski definition) is 7. The van der Waals surface area contributed by atoms with Crippen molar-refractivity contribution in [1.29, 1.82) is 0 Å². The molecule has 0 aromatic carbocycles. The fraction of sp³-hybridized carbons (Fsp3) is 0.841. The SMILES string of the molecule is CCC1OC(O)(C(C)(O)C(=O)NC2C(=O)N3NCCCC3C(=O)N(O)CC(=O)N3NCCCC3C(=O)N3CCC(C)(OC)C3C(=O)N(O)C(C(C)C)C(=O)OC2C(C)C)CCC1CC(C)C. The van der Waals surface area contributed by atoms with Crippen LogP contribution in [0.5, 0.6) is 0 Å². The fourth-order valence-corrected chi connectivity index (χ4v) is 10.1. The number of cyclic esters (lactones) is 1. The molecule has 0 radical (unpaired) electrons. The Morgan fingerprint density at radius 2 is 1.50 bits per heavy atom. The van der Waals surface area contributed by atoms with E-state index in [2.05, 4.69) is 30.0 Å². The summed E-state index contributed by atoms with van der Waals surface area (Å²) in [5, 5.41) is 51.8. The minimum atomic E-state index is -2.72. The summed E-state index contributed by atoms with van der Waals surface area (Å²) in [6.07, 6.45) is 0.282. The van der Waals surface area contributed by atoms with Crippen molar-refractivity contribution in [2.45, 2.75) is 180 Å². The van der Waals surface area contributed by atoms with Gasteiger partial charge >= 0.3 is 5.97 Å². The van der Waals surface area contributed by atoms with Crippen molar-refractivity contribution >= 4 is 41.4 Å². The molecule has 5 aliphatic heterocycles. The Morgan fingerprint density at radius 1 is 0.894 bits per heavy atom. The van der Waals surface area contributed by atoms with E-state index >= 15 is 4.79 Å². The lowest BCUT2D eigenvalue weighted by molar-refractivity contribution is -0.329. The molecule has 22 heteroatoms. The van der Waals surface area contributed by atoms with Crippen molar-refractivity contribution in [2.75, 3.05) is 33.3 Å². The predicted molar refractivity (Wildman–Crippen MR) is 232 cm³/mol. The Balaban J connectivity index is 1.61. The van der Waals surface area contributed by atoms with Gasteiger partial charge in [-0.15, -0.1) is 0 Å². The zero-order valence-corrected chi connectivity index (χ0v) is 40.2. The van der Waals surface area contributed by atoms with E-state index in [9.17, 15) is 49.4 Å². The summed E-state index contributed by atoms with van der Waals surface area (Å²) in [6, 6.07) is -7.96. The number of carbonyl (C=O) groups is 7. The average molecular weight is 939 g/mol. The maximum atomic E-state index is 15.1. The van der Waals surface area contributed by atoms with Gasteiger partial charge in [0, 0.05) is 33.2 Å². The zero-order chi connectivity index (χ0) is 49.2. The predicted octanol–water partition coefficient (Wildman–Crippen LogP) is 0.201. The molecule has 5 saturated heterocycles. The van der Waals surface area contributed by atoms with E-state index in [0.29, 0.717) is 31.6 Å². The monoisotopic (exact) mass is 939 g/mol. The second-order valence-corrected chi connectivity index (χ2v) is 20.0. The average Bonchev–Trinajstić information content (AvgIpc) is 3.63. The molecule has 5 aliphatic rings. The summed E-state index contributed by atoms with van der Waals surface area (Å²) in [5.41, 5.74) is 1.60. The third-order valence-corrected chi connectivity index (χ3v) is 14.1. The number of rotatable bonds is 9. The highest BCUT2D eigenvalue weighted by Gasteiger charge is 2.59. The van der Waals surface area contributed by atoms with Gasteiger partial charge in [0.15, 0.2) is 11.6 Å². The molecule has 0 aromatic rings. The van der Waals surface area contributed by atoms with Crippen LogP contribution >= 0.6 is 0 Å². The van der Waals surface area contributed by atoms with Crippen LogP contribution in [0.25, 0.3) is 0 Å². The van der Waals surface area contributed by atoms with Gasteiger partial charge in [-0.2, -0.15) is 0 Å². The molecule has 11 atom stereocenters. The Morgan fingerprint density at radius 3 is 2.06 bits per heavy atom. The molecule has 66 heavy (non-hydrogen) atoms. The number of methoxy groups -OCH3 is 1. The number of hydrogen-bond acceptors (Lipinski definition) is 16. The number of fused-ring (bicyclic) bond motifs is 3. The van der Waals surface area contributed by atoms with Crippen LogP contribution in [0, 0.1) is 23.7 Å². The van der Waals surface area contributed by atoms with Crippen LogP contribution in [0.3, 0.4) is 0 Å². The first-order valence-corrected chi connectivity index (χ1v) is 23.5. The number of hydrazine groups is 2. The first-order chi connectivity index (χ1) is 30.8. The molecule has 7 N–H and O–H groups in total. The van der Waals surface area contributed by atoms with Crippen LogP contribution < -0.4 is 16.2 Å². The molecular formula is C44H74N8O14. The van der Waals surface area contributed by atoms with Crippen LogP contribution in [0.2, 0.25) is 0 Å². The first kappa shape index (κ1) is 52.9. The Bertz CT molecular complexity index is 1820. The van der Waals surface area contributed by atoms with Gasteiger partial charge in [0.25, 0.3) is 29.5 Å². The number of ether oxygens (including phenoxy) is 3. The van der Waals surface area contributed by atoms with Crippen molar-refractivity contribution in [2.24, 2.45) is 23.7 Å². The van der Waals surface area contributed by atoms with Crippen LogP contribution in [0.4, 0.5) is 0 Å². The Labute approximate surface area is 386 Å². The summed E-state index contributed by atoms with van der Waals surface area (Å²) in [4.78, 5) is 103. The highest BCUT2D eigenvalue weighted by molar-refractivity contribution is 5.97. The zero-order valence-electron chi connectivity index (χ0n) is 40.2. The number of nitrogens with zero attached hydrogens (tertiary/aromatic N) is 5. The highest BCUT2D eigenvalue weighted by Crippen LogP contribution is 2.42. The third kappa shape index (κ3) is 10.5. The van der Waals surface area contributed by atoms with Crippen molar-refractivity contribution in [3.05, 3.63) is 0 Å². The van der Waals surface area contributed by atoms with Crippen LogP contribution in [0.1, 0.15) is 120 Å². The van der Waals surface area contributed by atoms with Crippen molar-refractivity contribution in [3.8, 4) is 0 Å². The van der Waals surface area contributed by atoms with Crippen LogP contribution in [-0.2, 0) is 47.8 Å². The minimum Gasteiger partial charge on any atom is -0.458 e. The van der Waals surface area contributed by atoms with Gasteiger partial charge in [-0.1, -0.05) is 48.5 Å². The third-order valence-electron chi connectivity index (χ3n) is 14.1. The number of carbonyl (C=O) groups excluding carboxylic acids is 7. The molecule has 5 rings (SSSR count). The lowest BCUT2D eigenvalue weighted by atomic mass is 9.78. The van der Waals surface area contributed by atoms with Crippen LogP contribution in [-0.4, -0.2) is 180 Å². The molecule has 0 aromatic heterocycles. The van der Waals surface area contributed by atoms with Gasteiger partial charge in [-0.3, -0.25) is 49.2 Å². The van der Waals surface area contributed by atoms with Gasteiger partial charge in [0.05, 0.1) is 11.7 Å². The molecule has 11 unspecified atom stereocenters. The fourth-order valence-electron chi connectivity index (χ4n) is 10.1. The van der Waals surface area contributed by atoms with Gasteiger partial charge in [-0.25, -0.2) is 25.8 Å². The molecule has 0 saturated carbocycles. The lowest BCUT2D eigenvalue weighted by Crippen LogP contribution is -2.70. The van der Waals surface area contributed by atoms with E-state index < -0.39 is 119 Å². The van der Waals surface area contributed by atoms with E-state index in [0.717, 1.165) is 23.4 Å². The lowest BCUT2D eigenvalue weighted by Gasteiger charge is -2.48. The molecular weight excluding hydrogens is 865 g/mol. The van der Waals surface area contributed by atoms with E-state index in [1.165, 1.54) is 25.9 Å². The standard InChI is InChI=1S/C44H74N8O14/c1-11-30-27(22-24(2)3)16-17-44(61,66-30)43(9,60)41(59)47-32-34(26(6)7)65-40(58)33(25(4)5)52(63)39(57)35-42(8,64-10)18-21-48(35)36(54)28-14-12-19-45-50(28)31(53)23-49(62)37(55)29-15-13-20-46-51(29)38(32)56/h24-30,32-35,45-46,60-63H,11-23H2,1-10H3,(H,47,59). The number of amides is 6. The van der Waals surface area contributed by atoms with Crippen molar-refractivity contribution < 1.29 is 68.4 Å². The molecule has 5 heterocycles. The molecule has 0 bridgehead atoms. The smallest absolute Gasteiger partial charge is 0.332 e. The molecule has 374 valence electrons.